The van der Waals surface area contributed by atoms with Gasteiger partial charge in [-0.15, -0.1) is 5.10 Å². The minimum atomic E-state index is -0.0377. The van der Waals surface area contributed by atoms with E-state index < -0.39 is 0 Å². The maximum Gasteiger partial charge on any atom is 0.240 e. The molecule has 0 unspecified atom stereocenters. The molecule has 3 aromatic heterocycles. The molecule has 1 aromatic carbocycles. The number of benzene rings is 1. The normalized spacial score (nSPS) is 15.2. The number of rotatable bonds is 5. The van der Waals surface area contributed by atoms with Gasteiger partial charge in [-0.2, -0.15) is 10.2 Å². The van der Waals surface area contributed by atoms with Crippen LogP contribution in [0.3, 0.4) is 0 Å². The molecule has 0 spiro atoms. The summed E-state index contributed by atoms with van der Waals surface area (Å²) in [5.74, 6) is 1.98. The Balaban J connectivity index is 1.72. The molecule has 11 heteroatoms. The van der Waals surface area contributed by atoms with Crippen LogP contribution in [0.4, 0.5) is 5.82 Å². The van der Waals surface area contributed by atoms with Gasteiger partial charge in [-0.25, -0.2) is 4.68 Å². The number of hydrogen-bond acceptors (Lipinski definition) is 8. The van der Waals surface area contributed by atoms with Crippen molar-refractivity contribution in [2.45, 2.75) is 26.9 Å². The largest absolute Gasteiger partial charge is 0.476 e. The van der Waals surface area contributed by atoms with Gasteiger partial charge in [0.25, 0.3) is 0 Å². The van der Waals surface area contributed by atoms with Crippen LogP contribution >= 0.6 is 0 Å². The minimum absolute atomic E-state index is 0.0377. The maximum absolute atomic E-state index is 9.71. The Morgan fingerprint density at radius 1 is 1.22 bits per heavy atom. The molecule has 37 heavy (non-hydrogen) atoms. The summed E-state index contributed by atoms with van der Waals surface area (Å²) in [6, 6.07) is 5.93. The van der Waals surface area contributed by atoms with Crippen LogP contribution in [0.1, 0.15) is 30.8 Å². The van der Waals surface area contributed by atoms with Gasteiger partial charge in [-0.1, -0.05) is 19.6 Å². The predicted octanol–water partition coefficient (Wildman–Crippen LogP) is 3.03. The molecule has 0 atom stereocenters. The fourth-order valence-corrected chi connectivity index (χ4v) is 4.65. The van der Waals surface area contributed by atoms with Crippen molar-refractivity contribution >= 4 is 28.9 Å². The van der Waals surface area contributed by atoms with Crippen molar-refractivity contribution in [3.8, 4) is 22.9 Å². The molecule has 0 amide bonds. The molecule has 4 N–H and O–H groups in total. The maximum atomic E-state index is 9.71. The number of ether oxygens (including phenoxy) is 2. The van der Waals surface area contributed by atoms with Gasteiger partial charge in [-0.05, 0) is 43.3 Å². The number of aliphatic hydroxyl groups is 1. The van der Waals surface area contributed by atoms with Gasteiger partial charge in [0.15, 0.2) is 5.82 Å². The Bertz CT molecular complexity index is 1480. The van der Waals surface area contributed by atoms with E-state index in [4.69, 9.17) is 15.2 Å². The van der Waals surface area contributed by atoms with E-state index in [2.05, 4.69) is 38.8 Å². The summed E-state index contributed by atoms with van der Waals surface area (Å²) >= 11 is 0. The summed E-state index contributed by atoms with van der Waals surface area (Å²) in [6.07, 6.45) is 3.97. The summed E-state index contributed by atoms with van der Waals surface area (Å²) in [5.41, 5.74) is 11.3. The predicted molar refractivity (Wildman–Crippen MR) is 143 cm³/mol. The molecule has 0 radical (unpaired) electrons. The number of nitrogens with two attached hydrogens (primary N) is 1. The minimum Gasteiger partial charge on any atom is -0.476 e. The number of likely N-dealkylation sites (N-methyl/N-ethyl adjacent to an activating group) is 1. The van der Waals surface area contributed by atoms with Gasteiger partial charge in [0.05, 0.1) is 54.3 Å². The molecule has 0 saturated heterocycles. The molecule has 11 nitrogen and oxygen atoms in total. The first-order valence-electron chi connectivity index (χ1n) is 12.3. The van der Waals surface area contributed by atoms with Gasteiger partial charge in [0.1, 0.15) is 5.76 Å². The van der Waals surface area contributed by atoms with Crippen molar-refractivity contribution in [2.75, 3.05) is 32.0 Å². The average Bonchev–Trinajstić information content (AvgIpc) is 3.50. The number of fused-ring (bicyclic) bond motifs is 4. The molecule has 1 aliphatic rings. The molecular formula is C26H32N8O3. The number of aliphatic hydroxyl groups excluding tert-OH is 1. The van der Waals surface area contributed by atoms with Gasteiger partial charge in [0.2, 0.25) is 11.8 Å². The van der Waals surface area contributed by atoms with E-state index in [9.17, 15) is 5.11 Å². The Labute approximate surface area is 214 Å². The lowest BCUT2D eigenvalue weighted by atomic mass is 10.0. The standard InChI is InChI=1S/C26H32N8O3/c1-5-33-14-16(3)37-26-23(24(27)30-32(26)4)17-7-9-20-19(13-17)21(29-28-20)10-8-18-22(15-33)34(11-12-35)31-25(18)36-6-2/h7-10,13,35H,3,5-6,11-12,14-15H2,1-2,4H3,(H2,27,30)(H,28,29)/b10-8+. The second-order valence-electron chi connectivity index (χ2n) is 8.88. The van der Waals surface area contributed by atoms with Crippen LogP contribution in [0, 0.1) is 0 Å². The zero-order valence-electron chi connectivity index (χ0n) is 21.4. The summed E-state index contributed by atoms with van der Waals surface area (Å²) < 4.78 is 15.6. The van der Waals surface area contributed by atoms with Crippen molar-refractivity contribution in [3.63, 3.8) is 0 Å². The summed E-state index contributed by atoms with van der Waals surface area (Å²) in [5, 5.41) is 27.3. The Kier molecular flexibility index (Phi) is 6.72. The second kappa shape index (κ2) is 10.1. The van der Waals surface area contributed by atoms with Gasteiger partial charge in [-0.3, -0.25) is 14.7 Å². The third-order valence-electron chi connectivity index (χ3n) is 6.43. The van der Waals surface area contributed by atoms with Crippen LogP contribution in [0.2, 0.25) is 0 Å². The van der Waals surface area contributed by atoms with Crippen molar-refractivity contribution in [3.05, 3.63) is 47.5 Å². The van der Waals surface area contributed by atoms with Crippen LogP contribution in [0.5, 0.6) is 11.8 Å². The number of nitrogens with one attached hydrogen (secondary N) is 1. The lowest BCUT2D eigenvalue weighted by Gasteiger charge is -2.22. The molecule has 194 valence electrons. The lowest BCUT2D eigenvalue weighted by Crippen LogP contribution is -2.28. The van der Waals surface area contributed by atoms with Crippen molar-refractivity contribution in [1.82, 2.24) is 34.7 Å². The van der Waals surface area contributed by atoms with E-state index in [1.54, 1.807) is 16.4 Å². The quantitative estimate of drug-likeness (QED) is 0.378. The van der Waals surface area contributed by atoms with Crippen molar-refractivity contribution < 1.29 is 14.6 Å². The molecule has 0 aliphatic carbocycles. The van der Waals surface area contributed by atoms with Crippen LogP contribution in [0.15, 0.2) is 30.5 Å². The van der Waals surface area contributed by atoms with E-state index in [0.717, 1.165) is 40.0 Å². The molecular weight excluding hydrogens is 472 g/mol. The number of aromatic nitrogens is 6. The van der Waals surface area contributed by atoms with Crippen molar-refractivity contribution in [2.24, 2.45) is 7.05 Å². The van der Waals surface area contributed by atoms with Gasteiger partial charge >= 0.3 is 0 Å². The molecule has 4 aromatic rings. The molecule has 1 aliphatic heterocycles. The molecule has 0 fully saturated rings. The summed E-state index contributed by atoms with van der Waals surface area (Å²) in [7, 11) is 1.80. The highest BCUT2D eigenvalue weighted by molar-refractivity contribution is 5.94. The first-order valence-corrected chi connectivity index (χ1v) is 12.3. The zero-order valence-corrected chi connectivity index (χ0v) is 21.4. The number of nitrogens with zero attached hydrogens (tertiary/aromatic N) is 6. The zero-order chi connectivity index (χ0) is 26.1. The molecule has 4 heterocycles. The molecule has 2 bridgehead atoms. The van der Waals surface area contributed by atoms with E-state index in [-0.39, 0.29) is 6.61 Å². The van der Waals surface area contributed by atoms with E-state index >= 15 is 0 Å². The van der Waals surface area contributed by atoms with Crippen LogP contribution in [0.25, 0.3) is 34.2 Å². The van der Waals surface area contributed by atoms with E-state index in [1.165, 1.54) is 0 Å². The SMILES string of the molecule is C=C1CN(CC)Cc2c(c(OCC)nn2CCO)/C=C/c2[nH]nc3ccc(cc23)-c2c(N)nn(C)c2O1. The van der Waals surface area contributed by atoms with Gasteiger partial charge in [0, 0.05) is 19.0 Å². The average molecular weight is 505 g/mol. The third-order valence-corrected chi connectivity index (χ3v) is 6.43. The van der Waals surface area contributed by atoms with Crippen molar-refractivity contribution in [1.29, 1.82) is 0 Å². The number of aryl methyl sites for hydroxylation is 1. The smallest absolute Gasteiger partial charge is 0.240 e. The first-order chi connectivity index (χ1) is 17.9. The fraction of sp³-hybridized carbons (Fsp3) is 0.346. The fourth-order valence-electron chi connectivity index (χ4n) is 4.65. The van der Waals surface area contributed by atoms with Crippen LogP contribution in [-0.4, -0.2) is 66.1 Å². The third kappa shape index (κ3) is 4.58. The highest BCUT2D eigenvalue weighted by Gasteiger charge is 2.23. The Hall–Kier alpha value is -4.09. The summed E-state index contributed by atoms with van der Waals surface area (Å²) in [6.45, 7) is 10.7. The number of nitrogen functional groups attached to an aromatic ring is 1. The number of H-pyrrole nitrogens is 1. The highest BCUT2D eigenvalue weighted by Crippen LogP contribution is 2.38. The number of aromatic amines is 1. The topological polar surface area (TPSA) is 132 Å². The first kappa shape index (κ1) is 24.6. The highest BCUT2D eigenvalue weighted by atomic mass is 16.5. The van der Waals surface area contributed by atoms with Crippen LogP contribution in [-0.2, 0) is 20.1 Å². The van der Waals surface area contributed by atoms with Gasteiger partial charge < -0.3 is 20.3 Å². The number of hydrogen-bond donors (Lipinski definition) is 3. The number of anilines is 1. The lowest BCUT2D eigenvalue weighted by molar-refractivity contribution is 0.237. The second-order valence-corrected chi connectivity index (χ2v) is 8.88. The Morgan fingerprint density at radius 2 is 2.05 bits per heavy atom. The Morgan fingerprint density at radius 3 is 2.81 bits per heavy atom. The van der Waals surface area contributed by atoms with Crippen LogP contribution < -0.4 is 15.2 Å². The summed E-state index contributed by atoms with van der Waals surface area (Å²) in [4.78, 5) is 2.19. The molecule has 0 saturated carbocycles. The van der Waals surface area contributed by atoms with E-state index in [0.29, 0.717) is 55.1 Å². The monoisotopic (exact) mass is 504 g/mol. The molecule has 5 rings (SSSR count). The van der Waals surface area contributed by atoms with E-state index in [1.807, 2.05) is 37.3 Å².